The van der Waals surface area contributed by atoms with Crippen LogP contribution in [0.5, 0.6) is 5.75 Å². The Morgan fingerprint density at radius 2 is 1.84 bits per heavy atom. The number of aryl methyl sites for hydroxylation is 1. The number of ketones is 1. The van der Waals surface area contributed by atoms with Crippen molar-refractivity contribution in [2.24, 2.45) is 0 Å². The van der Waals surface area contributed by atoms with Gasteiger partial charge in [-0.2, -0.15) is 0 Å². The monoisotopic (exact) mass is 423 g/mol. The fourth-order valence-electron chi connectivity index (χ4n) is 4.24. The Balaban J connectivity index is 1.55. The summed E-state index contributed by atoms with van der Waals surface area (Å²) in [6, 6.07) is 15.3. The molecule has 0 bridgehead atoms. The molecule has 2 aromatic rings. The number of benzene rings is 2. The molecule has 0 saturated carbocycles. The standard InChI is InChI=1S/C26H33NO4/c1-19-8-4-5-10-25(19)31-17-16-27-15-7-6-9-23(27)24(28)18-20(2)21-11-13-22(14-12-21)26(29)30-3/h4-5,8,10-14,20,23H,6-7,9,15-18H2,1-3H3/t20-,23-/m1/s1. The zero-order valence-corrected chi connectivity index (χ0v) is 18.8. The summed E-state index contributed by atoms with van der Waals surface area (Å²) in [5.74, 6) is 0.957. The maximum atomic E-state index is 13.1. The minimum absolute atomic E-state index is 0.0361. The van der Waals surface area contributed by atoms with Crippen molar-refractivity contribution < 1.29 is 19.1 Å². The number of hydrogen-bond donors (Lipinski definition) is 0. The molecule has 1 fully saturated rings. The first-order chi connectivity index (χ1) is 15.0. The van der Waals surface area contributed by atoms with E-state index in [-0.39, 0.29) is 17.9 Å². The van der Waals surface area contributed by atoms with Crippen molar-refractivity contribution in [3.63, 3.8) is 0 Å². The van der Waals surface area contributed by atoms with Crippen LogP contribution in [0.4, 0.5) is 0 Å². The lowest BCUT2D eigenvalue weighted by Crippen LogP contribution is -2.46. The maximum Gasteiger partial charge on any atom is 0.337 e. The van der Waals surface area contributed by atoms with Crippen LogP contribution < -0.4 is 4.74 Å². The number of Topliss-reactive ketones (excluding diaryl/α,β-unsaturated/α-hetero) is 1. The lowest BCUT2D eigenvalue weighted by atomic mass is 9.89. The highest BCUT2D eigenvalue weighted by molar-refractivity contribution is 5.89. The van der Waals surface area contributed by atoms with E-state index in [0.717, 1.165) is 49.2 Å². The number of ether oxygens (including phenoxy) is 2. The van der Waals surface area contributed by atoms with Crippen LogP contribution in [0.2, 0.25) is 0 Å². The van der Waals surface area contributed by atoms with Crippen LogP contribution in [-0.4, -0.2) is 49.5 Å². The highest BCUT2D eigenvalue weighted by Crippen LogP contribution is 2.25. The quantitative estimate of drug-likeness (QED) is 0.544. The molecule has 0 radical (unpaired) electrons. The Labute approximate surface area is 185 Å². The van der Waals surface area contributed by atoms with Crippen molar-refractivity contribution in [3.05, 3.63) is 65.2 Å². The number of nitrogens with zero attached hydrogens (tertiary/aromatic N) is 1. The highest BCUT2D eigenvalue weighted by Gasteiger charge is 2.29. The number of carbonyl (C=O) groups excluding carboxylic acids is 2. The molecule has 0 unspecified atom stereocenters. The van der Waals surface area contributed by atoms with E-state index in [1.807, 2.05) is 43.3 Å². The van der Waals surface area contributed by atoms with Crippen LogP contribution in [0.1, 0.15) is 60.0 Å². The van der Waals surface area contributed by atoms with Crippen molar-refractivity contribution in [2.75, 3.05) is 26.8 Å². The molecule has 5 heteroatoms. The molecular weight excluding hydrogens is 390 g/mol. The van der Waals surface area contributed by atoms with Crippen molar-refractivity contribution in [2.45, 2.75) is 51.5 Å². The number of esters is 1. The van der Waals surface area contributed by atoms with Gasteiger partial charge in [0, 0.05) is 13.0 Å². The molecule has 166 valence electrons. The second-order valence-electron chi connectivity index (χ2n) is 8.35. The van der Waals surface area contributed by atoms with Crippen LogP contribution in [-0.2, 0) is 9.53 Å². The molecule has 1 saturated heterocycles. The summed E-state index contributed by atoms with van der Waals surface area (Å²) in [5.41, 5.74) is 2.71. The van der Waals surface area contributed by atoms with Gasteiger partial charge in [0.15, 0.2) is 5.78 Å². The summed E-state index contributed by atoms with van der Waals surface area (Å²) in [5, 5.41) is 0. The van der Waals surface area contributed by atoms with E-state index in [4.69, 9.17) is 9.47 Å². The Kier molecular flexibility index (Phi) is 8.24. The van der Waals surface area contributed by atoms with Crippen LogP contribution in [0, 0.1) is 6.92 Å². The lowest BCUT2D eigenvalue weighted by molar-refractivity contribution is -0.126. The van der Waals surface area contributed by atoms with Crippen molar-refractivity contribution in [1.29, 1.82) is 0 Å². The smallest absolute Gasteiger partial charge is 0.337 e. The number of likely N-dealkylation sites (tertiary alicyclic amines) is 1. The number of piperidine rings is 1. The Hall–Kier alpha value is -2.66. The Morgan fingerprint density at radius 1 is 1.10 bits per heavy atom. The normalized spacial score (nSPS) is 17.7. The van der Waals surface area contributed by atoms with Crippen LogP contribution >= 0.6 is 0 Å². The minimum Gasteiger partial charge on any atom is -0.492 e. The second kappa shape index (κ2) is 11.1. The molecular formula is C26H33NO4. The van der Waals surface area contributed by atoms with Crippen LogP contribution in [0.15, 0.2) is 48.5 Å². The van der Waals surface area contributed by atoms with Crippen molar-refractivity contribution in [3.8, 4) is 5.75 Å². The number of hydrogen-bond acceptors (Lipinski definition) is 5. The first kappa shape index (κ1) is 23.0. The average molecular weight is 424 g/mol. The zero-order valence-electron chi connectivity index (χ0n) is 18.8. The molecule has 2 aromatic carbocycles. The van der Waals surface area contributed by atoms with Gasteiger partial charge in [0.05, 0.1) is 18.7 Å². The van der Waals surface area contributed by atoms with Crippen molar-refractivity contribution in [1.82, 2.24) is 4.90 Å². The number of para-hydroxylation sites is 1. The van der Waals surface area contributed by atoms with Gasteiger partial charge >= 0.3 is 5.97 Å². The molecule has 0 spiro atoms. The van der Waals surface area contributed by atoms with Gasteiger partial charge in [-0.3, -0.25) is 9.69 Å². The fourth-order valence-corrected chi connectivity index (χ4v) is 4.24. The van der Waals surface area contributed by atoms with Gasteiger partial charge in [-0.05, 0) is 61.6 Å². The minimum atomic E-state index is -0.346. The van der Waals surface area contributed by atoms with Gasteiger partial charge in [-0.25, -0.2) is 4.79 Å². The SMILES string of the molecule is COC(=O)c1ccc([C@H](C)CC(=O)[C@H]2CCCCN2CCOc2ccccc2C)cc1. The van der Waals surface area contributed by atoms with Gasteiger partial charge in [-0.15, -0.1) is 0 Å². The van der Waals surface area contributed by atoms with Gasteiger partial charge in [-0.1, -0.05) is 43.7 Å². The van der Waals surface area contributed by atoms with Crippen LogP contribution in [0.25, 0.3) is 0 Å². The summed E-state index contributed by atoms with van der Waals surface area (Å²) in [6.45, 7) is 6.39. The molecule has 0 N–H and O–H groups in total. The maximum absolute atomic E-state index is 13.1. The topological polar surface area (TPSA) is 55.8 Å². The number of rotatable bonds is 9. The van der Waals surface area contributed by atoms with E-state index in [1.54, 1.807) is 12.1 Å². The Bertz CT molecular complexity index is 877. The Morgan fingerprint density at radius 3 is 2.55 bits per heavy atom. The second-order valence-corrected chi connectivity index (χ2v) is 8.35. The van der Waals surface area contributed by atoms with Crippen LogP contribution in [0.3, 0.4) is 0 Å². The summed E-state index contributed by atoms with van der Waals surface area (Å²) in [7, 11) is 1.37. The average Bonchev–Trinajstić information content (AvgIpc) is 2.80. The predicted molar refractivity (Wildman–Crippen MR) is 122 cm³/mol. The van der Waals surface area contributed by atoms with E-state index >= 15 is 0 Å². The predicted octanol–water partition coefficient (Wildman–Crippen LogP) is 4.78. The molecule has 0 amide bonds. The first-order valence-corrected chi connectivity index (χ1v) is 11.1. The van der Waals surface area contributed by atoms with E-state index < -0.39 is 0 Å². The summed E-state index contributed by atoms with van der Waals surface area (Å²) < 4.78 is 10.7. The number of methoxy groups -OCH3 is 1. The molecule has 3 rings (SSSR count). The van der Waals surface area contributed by atoms with Gasteiger partial charge in [0.25, 0.3) is 0 Å². The first-order valence-electron chi connectivity index (χ1n) is 11.1. The van der Waals surface area contributed by atoms with Gasteiger partial charge in [0.1, 0.15) is 12.4 Å². The third-order valence-electron chi connectivity index (χ3n) is 6.12. The molecule has 5 nitrogen and oxygen atoms in total. The van der Waals surface area contributed by atoms with E-state index in [1.165, 1.54) is 7.11 Å². The number of carbonyl (C=O) groups is 2. The molecule has 1 aliphatic heterocycles. The molecule has 0 aromatic heterocycles. The van der Waals surface area contributed by atoms with Gasteiger partial charge < -0.3 is 9.47 Å². The summed E-state index contributed by atoms with van der Waals surface area (Å²) in [6.07, 6.45) is 3.63. The molecule has 2 atom stereocenters. The van der Waals surface area contributed by atoms with Gasteiger partial charge in [0.2, 0.25) is 0 Å². The summed E-state index contributed by atoms with van der Waals surface area (Å²) in [4.78, 5) is 27.1. The fraction of sp³-hybridized carbons (Fsp3) is 0.462. The molecule has 0 aliphatic carbocycles. The largest absolute Gasteiger partial charge is 0.492 e. The molecule has 1 heterocycles. The summed E-state index contributed by atoms with van der Waals surface area (Å²) >= 11 is 0. The van der Waals surface area contributed by atoms with E-state index in [2.05, 4.69) is 11.8 Å². The van der Waals surface area contributed by atoms with Crippen molar-refractivity contribution >= 4 is 11.8 Å². The highest BCUT2D eigenvalue weighted by atomic mass is 16.5. The zero-order chi connectivity index (χ0) is 22.2. The third-order valence-corrected chi connectivity index (χ3v) is 6.12. The van der Waals surface area contributed by atoms with E-state index in [0.29, 0.717) is 24.4 Å². The molecule has 31 heavy (non-hydrogen) atoms. The molecule has 1 aliphatic rings. The van der Waals surface area contributed by atoms with E-state index in [9.17, 15) is 9.59 Å². The lowest BCUT2D eigenvalue weighted by Gasteiger charge is -2.35. The third kappa shape index (κ3) is 6.17.